The molecule has 0 spiro atoms. The highest BCUT2D eigenvalue weighted by Gasteiger charge is 2.30. The summed E-state index contributed by atoms with van der Waals surface area (Å²) in [7, 11) is 2.30. The van der Waals surface area contributed by atoms with E-state index in [1.807, 2.05) is 0 Å². The zero-order valence-corrected chi connectivity index (χ0v) is 9.60. The minimum absolute atomic E-state index is 0.521. The van der Waals surface area contributed by atoms with Crippen LogP contribution in [0.5, 0.6) is 0 Å². The SMILES string of the molecule is CCCCCC1(C)CCCCN1C. The maximum absolute atomic E-state index is 2.58. The summed E-state index contributed by atoms with van der Waals surface area (Å²) in [6, 6.07) is 0. The van der Waals surface area contributed by atoms with E-state index in [1.165, 1.54) is 51.5 Å². The fraction of sp³-hybridized carbons (Fsp3) is 1.00. The lowest BCUT2D eigenvalue weighted by molar-refractivity contribution is 0.0789. The first kappa shape index (κ1) is 11.0. The average molecular weight is 183 g/mol. The van der Waals surface area contributed by atoms with Crippen molar-refractivity contribution in [3.8, 4) is 0 Å². The largest absolute Gasteiger partial charge is 0.301 e. The predicted molar refractivity (Wildman–Crippen MR) is 59.0 cm³/mol. The summed E-state index contributed by atoms with van der Waals surface area (Å²) in [5.74, 6) is 0. The van der Waals surface area contributed by atoms with Crippen LogP contribution in [0.4, 0.5) is 0 Å². The molecule has 1 heterocycles. The molecule has 1 aliphatic heterocycles. The van der Waals surface area contributed by atoms with E-state index in [4.69, 9.17) is 0 Å². The van der Waals surface area contributed by atoms with Crippen molar-refractivity contribution >= 4 is 0 Å². The van der Waals surface area contributed by atoms with Gasteiger partial charge >= 0.3 is 0 Å². The Morgan fingerprint density at radius 3 is 2.62 bits per heavy atom. The summed E-state index contributed by atoms with van der Waals surface area (Å²) in [6.07, 6.45) is 9.82. The zero-order valence-electron chi connectivity index (χ0n) is 9.60. The molecular weight excluding hydrogens is 158 g/mol. The molecule has 1 fully saturated rings. The normalized spacial score (nSPS) is 30.7. The predicted octanol–water partition coefficient (Wildman–Crippen LogP) is 3.44. The van der Waals surface area contributed by atoms with Gasteiger partial charge in [-0.2, -0.15) is 0 Å². The van der Waals surface area contributed by atoms with Gasteiger partial charge in [0.25, 0.3) is 0 Å². The lowest BCUT2D eigenvalue weighted by Gasteiger charge is -2.43. The molecule has 0 radical (unpaired) electrons. The van der Waals surface area contributed by atoms with E-state index in [1.54, 1.807) is 0 Å². The first-order valence-corrected chi connectivity index (χ1v) is 5.90. The molecule has 0 aromatic carbocycles. The summed E-state index contributed by atoms with van der Waals surface area (Å²) in [5, 5.41) is 0. The van der Waals surface area contributed by atoms with Gasteiger partial charge in [-0.1, -0.05) is 32.6 Å². The second-order valence-electron chi connectivity index (χ2n) is 4.83. The van der Waals surface area contributed by atoms with Crippen LogP contribution in [-0.4, -0.2) is 24.0 Å². The van der Waals surface area contributed by atoms with Crippen LogP contribution >= 0.6 is 0 Å². The number of likely N-dealkylation sites (tertiary alicyclic amines) is 1. The van der Waals surface area contributed by atoms with Gasteiger partial charge in [-0.15, -0.1) is 0 Å². The number of piperidine rings is 1. The Bertz CT molecular complexity index is 144. The van der Waals surface area contributed by atoms with Crippen LogP contribution in [-0.2, 0) is 0 Å². The van der Waals surface area contributed by atoms with Gasteiger partial charge in [0, 0.05) is 5.54 Å². The molecule has 1 nitrogen and oxygen atoms in total. The third-order valence-electron chi connectivity index (χ3n) is 3.70. The van der Waals surface area contributed by atoms with Gasteiger partial charge in [-0.05, 0) is 39.8 Å². The van der Waals surface area contributed by atoms with E-state index >= 15 is 0 Å². The van der Waals surface area contributed by atoms with Crippen LogP contribution in [0.15, 0.2) is 0 Å². The van der Waals surface area contributed by atoms with Gasteiger partial charge in [0.1, 0.15) is 0 Å². The van der Waals surface area contributed by atoms with Crippen LogP contribution < -0.4 is 0 Å². The Balaban J connectivity index is 2.33. The maximum Gasteiger partial charge on any atom is 0.0178 e. The van der Waals surface area contributed by atoms with Gasteiger partial charge in [-0.3, -0.25) is 0 Å². The first-order valence-electron chi connectivity index (χ1n) is 5.90. The highest BCUT2D eigenvalue weighted by Crippen LogP contribution is 2.31. The van der Waals surface area contributed by atoms with Gasteiger partial charge in [-0.25, -0.2) is 0 Å². The number of unbranched alkanes of at least 4 members (excludes halogenated alkanes) is 2. The van der Waals surface area contributed by atoms with Crippen LogP contribution in [0, 0.1) is 0 Å². The summed E-state index contributed by atoms with van der Waals surface area (Å²) in [4.78, 5) is 2.58. The van der Waals surface area contributed by atoms with E-state index in [0.717, 1.165) is 0 Å². The molecule has 13 heavy (non-hydrogen) atoms. The molecule has 1 heteroatoms. The topological polar surface area (TPSA) is 3.24 Å². The van der Waals surface area contributed by atoms with E-state index in [0.29, 0.717) is 5.54 Å². The smallest absolute Gasteiger partial charge is 0.0178 e. The summed E-state index contributed by atoms with van der Waals surface area (Å²) < 4.78 is 0. The Morgan fingerprint density at radius 2 is 2.00 bits per heavy atom. The Kier molecular flexibility index (Phi) is 4.24. The van der Waals surface area contributed by atoms with E-state index in [9.17, 15) is 0 Å². The molecule has 0 saturated carbocycles. The van der Waals surface area contributed by atoms with E-state index < -0.39 is 0 Å². The molecule has 78 valence electrons. The van der Waals surface area contributed by atoms with Gasteiger partial charge in [0.15, 0.2) is 0 Å². The molecule has 0 bridgehead atoms. The van der Waals surface area contributed by atoms with Crippen molar-refractivity contribution in [3.05, 3.63) is 0 Å². The molecule has 1 rings (SSSR count). The second-order valence-corrected chi connectivity index (χ2v) is 4.83. The van der Waals surface area contributed by atoms with Gasteiger partial charge in [0.2, 0.25) is 0 Å². The van der Waals surface area contributed by atoms with Crippen LogP contribution in [0.3, 0.4) is 0 Å². The average Bonchev–Trinajstić information content (AvgIpc) is 2.11. The van der Waals surface area contributed by atoms with Gasteiger partial charge < -0.3 is 4.90 Å². The highest BCUT2D eigenvalue weighted by molar-refractivity contribution is 4.87. The molecule has 0 aliphatic carbocycles. The third kappa shape index (κ3) is 2.98. The Labute approximate surface area is 83.5 Å². The van der Waals surface area contributed by atoms with Crippen molar-refractivity contribution in [2.75, 3.05) is 13.6 Å². The molecule has 1 aliphatic rings. The Morgan fingerprint density at radius 1 is 1.23 bits per heavy atom. The maximum atomic E-state index is 2.58. The lowest BCUT2D eigenvalue weighted by atomic mass is 9.84. The monoisotopic (exact) mass is 183 g/mol. The number of rotatable bonds is 4. The van der Waals surface area contributed by atoms with Crippen molar-refractivity contribution in [1.29, 1.82) is 0 Å². The second kappa shape index (κ2) is 4.99. The van der Waals surface area contributed by atoms with Crippen LogP contribution in [0.1, 0.15) is 58.8 Å². The quantitative estimate of drug-likeness (QED) is 0.603. The first-order chi connectivity index (χ1) is 6.19. The van der Waals surface area contributed by atoms with Crippen molar-refractivity contribution in [2.24, 2.45) is 0 Å². The van der Waals surface area contributed by atoms with Crippen molar-refractivity contribution in [1.82, 2.24) is 4.90 Å². The zero-order chi connectivity index (χ0) is 9.73. The molecule has 1 atom stereocenters. The molecular formula is C12H25N. The number of nitrogens with zero attached hydrogens (tertiary/aromatic N) is 1. The van der Waals surface area contributed by atoms with Crippen LogP contribution in [0.2, 0.25) is 0 Å². The van der Waals surface area contributed by atoms with Crippen LogP contribution in [0.25, 0.3) is 0 Å². The molecule has 1 saturated heterocycles. The summed E-state index contributed by atoms with van der Waals surface area (Å²) in [6.45, 7) is 6.04. The molecule has 0 aromatic heterocycles. The van der Waals surface area contributed by atoms with Crippen molar-refractivity contribution in [3.63, 3.8) is 0 Å². The van der Waals surface area contributed by atoms with E-state index in [2.05, 4.69) is 25.8 Å². The molecule has 0 aromatic rings. The number of hydrogen-bond donors (Lipinski definition) is 0. The minimum Gasteiger partial charge on any atom is -0.301 e. The standard InChI is InChI=1S/C12H25N/c1-4-5-6-9-12(2)10-7-8-11-13(12)3/h4-11H2,1-3H3. The number of hydrogen-bond acceptors (Lipinski definition) is 1. The van der Waals surface area contributed by atoms with Crippen molar-refractivity contribution < 1.29 is 0 Å². The molecule has 0 N–H and O–H groups in total. The third-order valence-corrected chi connectivity index (χ3v) is 3.70. The minimum atomic E-state index is 0.521. The summed E-state index contributed by atoms with van der Waals surface area (Å²) in [5.41, 5.74) is 0.521. The van der Waals surface area contributed by atoms with E-state index in [-0.39, 0.29) is 0 Å². The highest BCUT2D eigenvalue weighted by atomic mass is 15.2. The molecule has 0 amide bonds. The fourth-order valence-corrected chi connectivity index (χ4v) is 2.39. The summed E-state index contributed by atoms with van der Waals surface area (Å²) >= 11 is 0. The Hall–Kier alpha value is -0.0400. The fourth-order valence-electron chi connectivity index (χ4n) is 2.39. The van der Waals surface area contributed by atoms with Crippen molar-refractivity contribution in [2.45, 2.75) is 64.3 Å². The van der Waals surface area contributed by atoms with Gasteiger partial charge in [0.05, 0.1) is 0 Å². The lowest BCUT2D eigenvalue weighted by Crippen LogP contribution is -2.47. The molecule has 1 unspecified atom stereocenters.